The van der Waals surface area contributed by atoms with Crippen LogP contribution in [0.15, 0.2) is 30.3 Å². The van der Waals surface area contributed by atoms with Gasteiger partial charge in [-0.05, 0) is 25.8 Å². The lowest BCUT2D eigenvalue weighted by molar-refractivity contribution is -0.138. The largest absolute Gasteiger partial charge is 0.335 e. The number of nitrogens with one attached hydrogen (secondary N) is 1. The van der Waals surface area contributed by atoms with E-state index in [0.717, 1.165) is 29.9 Å². The van der Waals surface area contributed by atoms with Crippen molar-refractivity contribution in [1.29, 1.82) is 0 Å². The lowest BCUT2D eigenvalue weighted by Gasteiger charge is -2.41. The van der Waals surface area contributed by atoms with Gasteiger partial charge in [0.2, 0.25) is 5.91 Å². The second kappa shape index (κ2) is 5.12. The molecule has 1 fully saturated rings. The van der Waals surface area contributed by atoms with Crippen LogP contribution in [-0.4, -0.2) is 27.5 Å². The number of amides is 1. The van der Waals surface area contributed by atoms with Crippen molar-refractivity contribution >= 4 is 5.91 Å². The standard InChI is InChI=1S/C16H19N3O/c1-11-14(12(2)18-17-11)10-16(20)19-9-8-15(19)13-6-4-3-5-7-13/h3-7,15H,8-10H2,1-2H3,(H,17,18). The molecule has 104 valence electrons. The van der Waals surface area contributed by atoms with Crippen LogP contribution >= 0.6 is 0 Å². The highest BCUT2D eigenvalue weighted by molar-refractivity contribution is 5.80. The predicted octanol–water partition coefficient (Wildman–Crippen LogP) is 2.54. The number of hydrogen-bond donors (Lipinski definition) is 1. The number of rotatable bonds is 3. The van der Waals surface area contributed by atoms with Crippen molar-refractivity contribution in [2.45, 2.75) is 32.7 Å². The molecule has 1 aromatic heterocycles. The Bertz CT molecular complexity index is 598. The number of likely N-dealkylation sites (tertiary alicyclic amines) is 1. The normalized spacial score (nSPS) is 17.9. The zero-order chi connectivity index (χ0) is 14.1. The number of carbonyl (C=O) groups is 1. The molecule has 2 heterocycles. The molecule has 1 N–H and O–H groups in total. The summed E-state index contributed by atoms with van der Waals surface area (Å²) in [7, 11) is 0. The maximum Gasteiger partial charge on any atom is 0.227 e. The summed E-state index contributed by atoms with van der Waals surface area (Å²) in [4.78, 5) is 14.4. The van der Waals surface area contributed by atoms with Crippen molar-refractivity contribution < 1.29 is 4.79 Å². The van der Waals surface area contributed by atoms with E-state index in [9.17, 15) is 4.79 Å². The number of nitrogens with zero attached hydrogens (tertiary/aromatic N) is 2. The number of benzene rings is 1. The summed E-state index contributed by atoms with van der Waals surface area (Å²) in [5.74, 6) is 0.192. The fourth-order valence-corrected chi connectivity index (χ4v) is 2.79. The van der Waals surface area contributed by atoms with Crippen LogP contribution < -0.4 is 0 Å². The van der Waals surface area contributed by atoms with Crippen LogP contribution in [0.2, 0.25) is 0 Å². The molecule has 1 aliphatic rings. The Labute approximate surface area is 118 Å². The molecule has 0 aliphatic carbocycles. The highest BCUT2D eigenvalue weighted by Gasteiger charge is 2.33. The summed E-state index contributed by atoms with van der Waals surface area (Å²) in [5.41, 5.74) is 4.18. The van der Waals surface area contributed by atoms with Crippen molar-refractivity contribution in [3.63, 3.8) is 0 Å². The van der Waals surface area contributed by atoms with Gasteiger partial charge >= 0.3 is 0 Å². The predicted molar refractivity (Wildman–Crippen MR) is 77.3 cm³/mol. The Kier molecular flexibility index (Phi) is 3.30. The van der Waals surface area contributed by atoms with E-state index in [1.807, 2.05) is 36.9 Å². The molecule has 1 saturated heterocycles. The first-order valence-corrected chi connectivity index (χ1v) is 7.01. The van der Waals surface area contributed by atoms with E-state index >= 15 is 0 Å². The molecule has 1 unspecified atom stereocenters. The summed E-state index contributed by atoms with van der Waals surface area (Å²) in [6.45, 7) is 4.76. The lowest BCUT2D eigenvalue weighted by Crippen LogP contribution is -2.45. The van der Waals surface area contributed by atoms with Crippen LogP contribution in [0.4, 0.5) is 0 Å². The van der Waals surface area contributed by atoms with Gasteiger partial charge in [-0.3, -0.25) is 9.89 Å². The van der Waals surface area contributed by atoms with Crippen molar-refractivity contribution in [3.05, 3.63) is 52.8 Å². The monoisotopic (exact) mass is 269 g/mol. The Balaban J connectivity index is 1.72. The fraction of sp³-hybridized carbons (Fsp3) is 0.375. The Morgan fingerprint density at radius 3 is 2.65 bits per heavy atom. The maximum atomic E-state index is 12.5. The Hall–Kier alpha value is -2.10. The highest BCUT2D eigenvalue weighted by Crippen LogP contribution is 2.33. The van der Waals surface area contributed by atoms with E-state index in [1.165, 1.54) is 5.56 Å². The lowest BCUT2D eigenvalue weighted by atomic mass is 9.93. The number of aryl methyl sites for hydroxylation is 2. The average Bonchev–Trinajstić information content (AvgIpc) is 2.70. The molecule has 0 radical (unpaired) electrons. The van der Waals surface area contributed by atoms with Crippen molar-refractivity contribution in [1.82, 2.24) is 15.1 Å². The van der Waals surface area contributed by atoms with Gasteiger partial charge in [-0.15, -0.1) is 0 Å². The minimum atomic E-state index is 0.192. The molecule has 20 heavy (non-hydrogen) atoms. The zero-order valence-electron chi connectivity index (χ0n) is 11.9. The summed E-state index contributed by atoms with van der Waals surface area (Å²) < 4.78 is 0. The summed E-state index contributed by atoms with van der Waals surface area (Å²) >= 11 is 0. The van der Waals surface area contributed by atoms with Crippen LogP contribution in [0.5, 0.6) is 0 Å². The topological polar surface area (TPSA) is 49.0 Å². The molecule has 0 bridgehead atoms. The first-order chi connectivity index (χ1) is 9.66. The molecular weight excluding hydrogens is 250 g/mol. The highest BCUT2D eigenvalue weighted by atomic mass is 16.2. The van der Waals surface area contributed by atoms with Gasteiger partial charge in [0, 0.05) is 17.8 Å². The average molecular weight is 269 g/mol. The van der Waals surface area contributed by atoms with E-state index in [4.69, 9.17) is 0 Å². The number of H-pyrrole nitrogens is 1. The van der Waals surface area contributed by atoms with Crippen molar-refractivity contribution in [3.8, 4) is 0 Å². The van der Waals surface area contributed by atoms with Gasteiger partial charge in [0.15, 0.2) is 0 Å². The Morgan fingerprint density at radius 2 is 2.10 bits per heavy atom. The van der Waals surface area contributed by atoms with E-state index in [2.05, 4.69) is 22.3 Å². The van der Waals surface area contributed by atoms with Gasteiger partial charge in [0.25, 0.3) is 0 Å². The minimum Gasteiger partial charge on any atom is -0.335 e. The molecule has 2 aromatic rings. The molecule has 4 heteroatoms. The first-order valence-electron chi connectivity index (χ1n) is 7.01. The van der Waals surface area contributed by atoms with Crippen LogP contribution in [-0.2, 0) is 11.2 Å². The molecular formula is C16H19N3O. The van der Waals surface area contributed by atoms with Gasteiger partial charge < -0.3 is 4.90 Å². The third-order valence-electron chi connectivity index (χ3n) is 4.13. The zero-order valence-corrected chi connectivity index (χ0v) is 11.9. The first kappa shape index (κ1) is 12.9. The number of hydrogen-bond acceptors (Lipinski definition) is 2. The van der Waals surface area contributed by atoms with Gasteiger partial charge in [-0.25, -0.2) is 0 Å². The molecule has 0 saturated carbocycles. The summed E-state index contributed by atoms with van der Waals surface area (Å²) in [6.07, 6.45) is 1.50. The molecule has 0 spiro atoms. The molecule has 1 aromatic carbocycles. The van der Waals surface area contributed by atoms with Crippen molar-refractivity contribution in [2.24, 2.45) is 0 Å². The maximum absolute atomic E-state index is 12.5. The quantitative estimate of drug-likeness (QED) is 0.931. The summed E-state index contributed by atoms with van der Waals surface area (Å²) in [5, 5.41) is 7.09. The Morgan fingerprint density at radius 1 is 1.35 bits per heavy atom. The molecule has 1 amide bonds. The third-order valence-corrected chi connectivity index (χ3v) is 4.13. The molecule has 4 nitrogen and oxygen atoms in total. The smallest absolute Gasteiger partial charge is 0.227 e. The SMILES string of the molecule is Cc1n[nH]c(C)c1CC(=O)N1CCC1c1ccccc1. The molecule has 3 rings (SSSR count). The number of aromatic amines is 1. The van der Waals surface area contributed by atoms with Gasteiger partial charge in [-0.1, -0.05) is 30.3 Å². The van der Waals surface area contributed by atoms with Gasteiger partial charge in [0.1, 0.15) is 0 Å². The van der Waals surface area contributed by atoms with E-state index < -0.39 is 0 Å². The fourth-order valence-electron chi connectivity index (χ4n) is 2.79. The van der Waals surface area contributed by atoms with Crippen LogP contribution in [0.1, 0.15) is 35.0 Å². The van der Waals surface area contributed by atoms with E-state index in [0.29, 0.717) is 6.42 Å². The van der Waals surface area contributed by atoms with Crippen LogP contribution in [0.3, 0.4) is 0 Å². The number of aromatic nitrogens is 2. The van der Waals surface area contributed by atoms with E-state index in [-0.39, 0.29) is 11.9 Å². The number of carbonyl (C=O) groups excluding carboxylic acids is 1. The summed E-state index contributed by atoms with van der Waals surface area (Å²) in [6, 6.07) is 10.5. The van der Waals surface area contributed by atoms with E-state index in [1.54, 1.807) is 0 Å². The van der Waals surface area contributed by atoms with Crippen LogP contribution in [0.25, 0.3) is 0 Å². The molecule has 1 atom stereocenters. The second-order valence-corrected chi connectivity index (χ2v) is 5.39. The van der Waals surface area contributed by atoms with Gasteiger partial charge in [-0.2, -0.15) is 5.10 Å². The third kappa shape index (κ3) is 2.22. The second-order valence-electron chi connectivity index (χ2n) is 5.39. The van der Waals surface area contributed by atoms with Crippen molar-refractivity contribution in [2.75, 3.05) is 6.54 Å². The van der Waals surface area contributed by atoms with Gasteiger partial charge in [0.05, 0.1) is 18.2 Å². The molecule has 1 aliphatic heterocycles. The van der Waals surface area contributed by atoms with Crippen LogP contribution in [0, 0.1) is 13.8 Å². The minimum absolute atomic E-state index is 0.192.